The minimum absolute atomic E-state index is 0.0243. The molecule has 3 nitrogen and oxygen atoms in total. The summed E-state index contributed by atoms with van der Waals surface area (Å²) in [6, 6.07) is 3.99. The van der Waals surface area contributed by atoms with E-state index >= 15 is 0 Å². The van der Waals surface area contributed by atoms with E-state index < -0.39 is 0 Å². The number of pyridine rings is 1. The van der Waals surface area contributed by atoms with Gasteiger partial charge in [0.1, 0.15) is 0 Å². The predicted octanol–water partition coefficient (Wildman–Crippen LogP) is 2.36. The van der Waals surface area contributed by atoms with E-state index in [1.54, 1.807) is 13.3 Å². The maximum absolute atomic E-state index is 5.12. The van der Waals surface area contributed by atoms with Crippen LogP contribution in [-0.2, 0) is 11.3 Å². The quantitative estimate of drug-likeness (QED) is 0.894. The summed E-state index contributed by atoms with van der Waals surface area (Å²) in [6.45, 7) is 5.65. The summed E-state index contributed by atoms with van der Waals surface area (Å²) in [5, 5.41) is 3.39. The van der Waals surface area contributed by atoms with Crippen LogP contribution in [0.2, 0.25) is 0 Å². The summed E-state index contributed by atoms with van der Waals surface area (Å²) in [7, 11) is 1.71. The van der Waals surface area contributed by atoms with Crippen molar-refractivity contribution in [2.45, 2.75) is 25.9 Å². The Hall–Kier alpha value is -0.450. The fourth-order valence-corrected chi connectivity index (χ4v) is 1.49. The van der Waals surface area contributed by atoms with Gasteiger partial charge < -0.3 is 10.1 Å². The molecule has 0 atom stereocenters. The summed E-state index contributed by atoms with van der Waals surface area (Å²) in [5.74, 6) is 0. The number of rotatable bonds is 5. The van der Waals surface area contributed by atoms with Crippen LogP contribution in [0.25, 0.3) is 0 Å². The molecule has 0 aliphatic heterocycles. The van der Waals surface area contributed by atoms with E-state index in [1.165, 1.54) is 0 Å². The lowest BCUT2D eigenvalue weighted by molar-refractivity contribution is 0.127. The van der Waals surface area contributed by atoms with Crippen molar-refractivity contribution in [3.63, 3.8) is 0 Å². The molecule has 0 fully saturated rings. The van der Waals surface area contributed by atoms with Gasteiger partial charge in [-0.05, 0) is 41.9 Å². The fraction of sp³-hybridized carbons (Fsp3) is 0.545. The fourth-order valence-electron chi connectivity index (χ4n) is 1.25. The molecule has 0 aliphatic rings. The Labute approximate surface area is 99.4 Å². The molecular weight excluding hydrogens is 256 g/mol. The van der Waals surface area contributed by atoms with Crippen LogP contribution in [0.5, 0.6) is 0 Å². The highest BCUT2D eigenvalue weighted by atomic mass is 79.9. The Kier molecular flexibility index (Phi) is 4.70. The molecular formula is C11H17BrN2O. The monoisotopic (exact) mass is 272 g/mol. The molecule has 1 aromatic heterocycles. The van der Waals surface area contributed by atoms with Gasteiger partial charge in [-0.2, -0.15) is 0 Å². The molecule has 1 N–H and O–H groups in total. The Morgan fingerprint density at radius 2 is 2.20 bits per heavy atom. The van der Waals surface area contributed by atoms with E-state index in [2.05, 4.69) is 40.1 Å². The SMILES string of the molecule is COCC(C)(C)NCc1ccc(Br)cn1. The molecule has 1 heterocycles. The molecule has 0 radical (unpaired) electrons. The molecule has 4 heteroatoms. The second kappa shape index (κ2) is 5.58. The number of nitrogens with zero attached hydrogens (tertiary/aromatic N) is 1. The predicted molar refractivity (Wildman–Crippen MR) is 64.7 cm³/mol. The lowest BCUT2D eigenvalue weighted by atomic mass is 10.1. The Morgan fingerprint density at radius 1 is 1.47 bits per heavy atom. The van der Waals surface area contributed by atoms with Gasteiger partial charge in [-0.25, -0.2) is 0 Å². The zero-order chi connectivity index (χ0) is 11.3. The Balaban J connectivity index is 2.46. The lowest BCUT2D eigenvalue weighted by Crippen LogP contribution is -2.42. The number of methoxy groups -OCH3 is 1. The van der Waals surface area contributed by atoms with Gasteiger partial charge in [-0.1, -0.05) is 0 Å². The maximum Gasteiger partial charge on any atom is 0.0639 e. The van der Waals surface area contributed by atoms with E-state index in [1.807, 2.05) is 12.1 Å². The normalized spacial score (nSPS) is 11.7. The molecule has 0 aliphatic carbocycles. The van der Waals surface area contributed by atoms with Gasteiger partial charge in [-0.3, -0.25) is 4.98 Å². The molecule has 84 valence electrons. The molecule has 0 unspecified atom stereocenters. The Bertz CT molecular complexity index is 298. The molecule has 0 bridgehead atoms. The molecule has 0 saturated heterocycles. The minimum Gasteiger partial charge on any atom is -0.383 e. The third-order valence-electron chi connectivity index (χ3n) is 2.04. The maximum atomic E-state index is 5.12. The number of halogens is 1. The summed E-state index contributed by atoms with van der Waals surface area (Å²) in [6.07, 6.45) is 1.81. The van der Waals surface area contributed by atoms with E-state index in [0.717, 1.165) is 16.7 Å². The summed E-state index contributed by atoms with van der Waals surface area (Å²) >= 11 is 3.36. The van der Waals surface area contributed by atoms with Gasteiger partial charge in [0.25, 0.3) is 0 Å². The lowest BCUT2D eigenvalue weighted by Gasteiger charge is -2.25. The molecule has 1 aromatic rings. The standard InChI is InChI=1S/C11H17BrN2O/c1-11(2,8-15-3)14-7-10-5-4-9(12)6-13-10/h4-6,14H,7-8H2,1-3H3. The first-order valence-corrected chi connectivity index (χ1v) is 5.67. The van der Waals surface area contributed by atoms with Crippen LogP contribution >= 0.6 is 15.9 Å². The Morgan fingerprint density at radius 3 is 2.73 bits per heavy atom. The highest BCUT2D eigenvalue weighted by molar-refractivity contribution is 9.10. The van der Waals surface area contributed by atoms with Gasteiger partial charge in [0.2, 0.25) is 0 Å². The molecule has 0 spiro atoms. The summed E-state index contributed by atoms with van der Waals surface area (Å²) < 4.78 is 6.13. The molecule has 0 amide bonds. The van der Waals surface area contributed by atoms with Crippen molar-refractivity contribution in [2.75, 3.05) is 13.7 Å². The summed E-state index contributed by atoms with van der Waals surface area (Å²) in [4.78, 5) is 4.29. The molecule has 1 rings (SSSR count). The van der Waals surface area contributed by atoms with Crippen LogP contribution in [0, 0.1) is 0 Å². The third kappa shape index (κ3) is 4.73. The van der Waals surface area contributed by atoms with Crippen molar-refractivity contribution in [3.8, 4) is 0 Å². The van der Waals surface area contributed by atoms with Crippen LogP contribution in [-0.4, -0.2) is 24.2 Å². The zero-order valence-electron chi connectivity index (χ0n) is 9.38. The highest BCUT2D eigenvalue weighted by Gasteiger charge is 2.16. The van der Waals surface area contributed by atoms with Crippen LogP contribution in [0.4, 0.5) is 0 Å². The minimum atomic E-state index is -0.0243. The largest absolute Gasteiger partial charge is 0.383 e. The van der Waals surface area contributed by atoms with Gasteiger partial charge >= 0.3 is 0 Å². The number of ether oxygens (including phenoxy) is 1. The molecule has 15 heavy (non-hydrogen) atoms. The van der Waals surface area contributed by atoms with Gasteiger partial charge in [0, 0.05) is 29.9 Å². The van der Waals surface area contributed by atoms with Crippen molar-refractivity contribution in [2.24, 2.45) is 0 Å². The van der Waals surface area contributed by atoms with Crippen molar-refractivity contribution in [1.82, 2.24) is 10.3 Å². The van der Waals surface area contributed by atoms with E-state index in [9.17, 15) is 0 Å². The van der Waals surface area contributed by atoms with Crippen LogP contribution in [0.3, 0.4) is 0 Å². The second-order valence-corrected chi connectivity index (χ2v) is 5.05. The van der Waals surface area contributed by atoms with Crippen molar-refractivity contribution in [1.29, 1.82) is 0 Å². The summed E-state index contributed by atoms with van der Waals surface area (Å²) in [5.41, 5.74) is 1.01. The average Bonchev–Trinajstić information content (AvgIpc) is 2.17. The van der Waals surface area contributed by atoms with Crippen LogP contribution in [0.1, 0.15) is 19.5 Å². The smallest absolute Gasteiger partial charge is 0.0639 e. The van der Waals surface area contributed by atoms with Gasteiger partial charge in [-0.15, -0.1) is 0 Å². The molecule has 0 saturated carbocycles. The van der Waals surface area contributed by atoms with Crippen molar-refractivity contribution >= 4 is 15.9 Å². The number of hydrogen-bond donors (Lipinski definition) is 1. The number of aromatic nitrogens is 1. The van der Waals surface area contributed by atoms with Crippen molar-refractivity contribution < 1.29 is 4.74 Å². The van der Waals surface area contributed by atoms with Gasteiger partial charge in [0.05, 0.1) is 12.3 Å². The highest BCUT2D eigenvalue weighted by Crippen LogP contribution is 2.09. The number of hydrogen-bond acceptors (Lipinski definition) is 3. The van der Waals surface area contributed by atoms with E-state index in [-0.39, 0.29) is 5.54 Å². The second-order valence-electron chi connectivity index (χ2n) is 4.14. The van der Waals surface area contributed by atoms with Crippen molar-refractivity contribution in [3.05, 3.63) is 28.5 Å². The first-order valence-electron chi connectivity index (χ1n) is 4.88. The first-order chi connectivity index (χ1) is 7.03. The first kappa shape index (κ1) is 12.6. The third-order valence-corrected chi connectivity index (χ3v) is 2.51. The zero-order valence-corrected chi connectivity index (χ0v) is 11.0. The van der Waals surface area contributed by atoms with E-state index in [4.69, 9.17) is 4.74 Å². The van der Waals surface area contributed by atoms with Crippen LogP contribution < -0.4 is 5.32 Å². The molecule has 0 aromatic carbocycles. The van der Waals surface area contributed by atoms with Crippen LogP contribution in [0.15, 0.2) is 22.8 Å². The number of nitrogens with one attached hydrogen (secondary N) is 1. The van der Waals surface area contributed by atoms with E-state index in [0.29, 0.717) is 6.61 Å². The average molecular weight is 273 g/mol. The van der Waals surface area contributed by atoms with Gasteiger partial charge in [0.15, 0.2) is 0 Å². The topological polar surface area (TPSA) is 34.1 Å².